The molecule has 0 saturated carbocycles. The number of carboxylic acid groups (broad SMARTS) is 1. The molecular formula is C10H19N3O3. The van der Waals surface area contributed by atoms with Gasteiger partial charge in [-0.3, -0.25) is 4.79 Å². The third kappa shape index (κ3) is 3.69. The minimum Gasteiger partial charge on any atom is -0.481 e. The Morgan fingerprint density at radius 3 is 2.69 bits per heavy atom. The average Bonchev–Trinajstić information content (AvgIpc) is 2.16. The summed E-state index contributed by atoms with van der Waals surface area (Å²) >= 11 is 0. The van der Waals surface area contributed by atoms with E-state index in [1.54, 1.807) is 4.90 Å². The van der Waals surface area contributed by atoms with Gasteiger partial charge < -0.3 is 20.2 Å². The topological polar surface area (TPSA) is 72.9 Å². The van der Waals surface area contributed by atoms with Gasteiger partial charge in [0.05, 0.1) is 6.42 Å². The van der Waals surface area contributed by atoms with E-state index in [0.717, 1.165) is 13.1 Å². The fourth-order valence-corrected chi connectivity index (χ4v) is 1.82. The van der Waals surface area contributed by atoms with Gasteiger partial charge >= 0.3 is 12.0 Å². The molecule has 2 amide bonds. The monoisotopic (exact) mass is 229 g/mol. The van der Waals surface area contributed by atoms with Crippen LogP contribution in [0.25, 0.3) is 0 Å². The molecule has 6 heteroatoms. The maximum Gasteiger partial charge on any atom is 0.317 e. The van der Waals surface area contributed by atoms with Crippen molar-refractivity contribution in [3.8, 4) is 0 Å². The van der Waals surface area contributed by atoms with Gasteiger partial charge in [0.15, 0.2) is 0 Å². The van der Waals surface area contributed by atoms with Crippen LogP contribution < -0.4 is 5.32 Å². The molecule has 1 saturated heterocycles. The minimum absolute atomic E-state index is 0.0339. The molecule has 0 bridgehead atoms. The Morgan fingerprint density at radius 2 is 2.12 bits per heavy atom. The van der Waals surface area contributed by atoms with Crippen molar-refractivity contribution in [1.29, 1.82) is 0 Å². The molecule has 0 aliphatic carbocycles. The number of carbonyl (C=O) groups excluding carboxylic acids is 1. The molecule has 1 fully saturated rings. The second kappa shape index (κ2) is 5.69. The quantitative estimate of drug-likeness (QED) is 0.703. The minimum atomic E-state index is -0.897. The van der Waals surface area contributed by atoms with E-state index in [-0.39, 0.29) is 25.0 Å². The van der Waals surface area contributed by atoms with E-state index in [0.29, 0.717) is 6.54 Å². The van der Waals surface area contributed by atoms with Gasteiger partial charge in [0.2, 0.25) is 0 Å². The lowest BCUT2D eigenvalue weighted by atomic mass is 10.2. The van der Waals surface area contributed by atoms with E-state index in [1.807, 2.05) is 14.0 Å². The van der Waals surface area contributed by atoms with Gasteiger partial charge in [-0.25, -0.2) is 4.79 Å². The molecule has 1 rings (SSSR count). The molecule has 1 heterocycles. The maximum atomic E-state index is 11.7. The molecule has 0 radical (unpaired) electrons. The van der Waals surface area contributed by atoms with Gasteiger partial charge in [0, 0.05) is 32.2 Å². The molecule has 0 spiro atoms. The number of aliphatic carboxylic acids is 1. The van der Waals surface area contributed by atoms with Crippen molar-refractivity contribution in [3.63, 3.8) is 0 Å². The number of piperazine rings is 1. The van der Waals surface area contributed by atoms with Gasteiger partial charge in [0.1, 0.15) is 0 Å². The van der Waals surface area contributed by atoms with Crippen molar-refractivity contribution >= 4 is 12.0 Å². The number of amides is 2. The molecule has 0 aromatic rings. The van der Waals surface area contributed by atoms with Crippen LogP contribution in [0.5, 0.6) is 0 Å². The summed E-state index contributed by atoms with van der Waals surface area (Å²) in [6.07, 6.45) is -0.0339. The van der Waals surface area contributed by atoms with Crippen LogP contribution in [-0.2, 0) is 4.79 Å². The normalized spacial score (nSPS) is 21.9. The molecule has 6 nitrogen and oxygen atoms in total. The Morgan fingerprint density at radius 1 is 1.44 bits per heavy atom. The van der Waals surface area contributed by atoms with Gasteiger partial charge in [0.25, 0.3) is 0 Å². The second-order valence-electron chi connectivity index (χ2n) is 4.18. The fourth-order valence-electron chi connectivity index (χ4n) is 1.82. The first-order valence-electron chi connectivity index (χ1n) is 5.45. The lowest BCUT2D eigenvalue weighted by Crippen LogP contribution is -2.55. The first kappa shape index (κ1) is 12.8. The lowest BCUT2D eigenvalue weighted by Gasteiger charge is -2.38. The molecule has 1 aliphatic rings. The largest absolute Gasteiger partial charge is 0.481 e. The first-order valence-corrected chi connectivity index (χ1v) is 5.45. The summed E-state index contributed by atoms with van der Waals surface area (Å²) in [4.78, 5) is 25.9. The van der Waals surface area contributed by atoms with Gasteiger partial charge in [-0.15, -0.1) is 0 Å². The van der Waals surface area contributed by atoms with Crippen molar-refractivity contribution in [2.75, 3.05) is 33.2 Å². The summed E-state index contributed by atoms with van der Waals surface area (Å²) in [7, 11) is 2.02. The van der Waals surface area contributed by atoms with Crippen LogP contribution in [0.2, 0.25) is 0 Å². The van der Waals surface area contributed by atoms with Crippen molar-refractivity contribution in [1.82, 2.24) is 15.1 Å². The fraction of sp³-hybridized carbons (Fsp3) is 0.800. The van der Waals surface area contributed by atoms with E-state index < -0.39 is 5.97 Å². The molecule has 1 atom stereocenters. The molecule has 0 aromatic heterocycles. The van der Waals surface area contributed by atoms with Crippen molar-refractivity contribution < 1.29 is 14.7 Å². The van der Waals surface area contributed by atoms with E-state index in [9.17, 15) is 9.59 Å². The number of carboxylic acids is 1. The lowest BCUT2D eigenvalue weighted by molar-refractivity contribution is -0.136. The van der Waals surface area contributed by atoms with Gasteiger partial charge in [-0.05, 0) is 14.0 Å². The summed E-state index contributed by atoms with van der Waals surface area (Å²) in [5.74, 6) is -0.897. The number of nitrogens with zero attached hydrogens (tertiary/aromatic N) is 2. The number of rotatable bonds is 3. The van der Waals surface area contributed by atoms with E-state index in [2.05, 4.69) is 10.2 Å². The predicted octanol–water partition coefficient (Wildman–Crippen LogP) is -0.193. The smallest absolute Gasteiger partial charge is 0.317 e. The highest BCUT2D eigenvalue weighted by molar-refractivity contribution is 5.75. The number of hydrogen-bond acceptors (Lipinski definition) is 3. The van der Waals surface area contributed by atoms with Crippen LogP contribution in [0, 0.1) is 0 Å². The standard InChI is InChI=1S/C10H19N3O3/c1-8-7-12(2)5-6-13(8)10(16)11-4-3-9(14)15/h8H,3-7H2,1-2H3,(H,11,16)(H,14,15). The van der Waals surface area contributed by atoms with Crippen LogP contribution in [-0.4, -0.2) is 66.2 Å². The SMILES string of the molecule is CC1CN(C)CCN1C(=O)NCCC(=O)O. The molecular weight excluding hydrogens is 210 g/mol. The Balaban J connectivity index is 2.33. The maximum absolute atomic E-state index is 11.7. The average molecular weight is 229 g/mol. The predicted molar refractivity (Wildman–Crippen MR) is 59.3 cm³/mol. The highest BCUT2D eigenvalue weighted by Crippen LogP contribution is 2.07. The molecule has 1 unspecified atom stereocenters. The zero-order chi connectivity index (χ0) is 12.1. The third-order valence-corrected chi connectivity index (χ3v) is 2.71. The number of urea groups is 1. The zero-order valence-electron chi connectivity index (χ0n) is 9.77. The van der Waals surface area contributed by atoms with Crippen LogP contribution in [0.4, 0.5) is 4.79 Å². The summed E-state index contributed by atoms with van der Waals surface area (Å²) in [5.41, 5.74) is 0. The number of likely N-dealkylation sites (N-methyl/N-ethyl adjacent to an activating group) is 1. The van der Waals surface area contributed by atoms with Crippen molar-refractivity contribution in [3.05, 3.63) is 0 Å². The number of carbonyl (C=O) groups is 2. The Hall–Kier alpha value is -1.30. The highest BCUT2D eigenvalue weighted by atomic mass is 16.4. The summed E-state index contributed by atoms with van der Waals surface area (Å²) in [6, 6.07) is 0.00503. The summed E-state index contributed by atoms with van der Waals surface area (Å²) in [6.45, 7) is 4.58. The summed E-state index contributed by atoms with van der Waals surface area (Å²) in [5, 5.41) is 11.1. The molecule has 16 heavy (non-hydrogen) atoms. The van der Waals surface area contributed by atoms with Crippen LogP contribution >= 0.6 is 0 Å². The summed E-state index contributed by atoms with van der Waals surface area (Å²) < 4.78 is 0. The molecule has 2 N–H and O–H groups in total. The molecule has 1 aliphatic heterocycles. The van der Waals surface area contributed by atoms with E-state index in [4.69, 9.17) is 5.11 Å². The van der Waals surface area contributed by atoms with Crippen LogP contribution in [0.3, 0.4) is 0 Å². The first-order chi connectivity index (χ1) is 7.50. The van der Waals surface area contributed by atoms with Crippen molar-refractivity contribution in [2.45, 2.75) is 19.4 Å². The highest BCUT2D eigenvalue weighted by Gasteiger charge is 2.25. The second-order valence-corrected chi connectivity index (χ2v) is 4.18. The van der Waals surface area contributed by atoms with Gasteiger partial charge in [-0.2, -0.15) is 0 Å². The number of hydrogen-bond donors (Lipinski definition) is 2. The molecule has 0 aromatic carbocycles. The van der Waals surface area contributed by atoms with Crippen molar-refractivity contribution in [2.24, 2.45) is 0 Å². The third-order valence-electron chi connectivity index (χ3n) is 2.71. The molecule has 92 valence electrons. The van der Waals surface area contributed by atoms with Gasteiger partial charge in [-0.1, -0.05) is 0 Å². The van der Waals surface area contributed by atoms with E-state index >= 15 is 0 Å². The Labute approximate surface area is 95.2 Å². The zero-order valence-corrected chi connectivity index (χ0v) is 9.77. The van der Waals surface area contributed by atoms with E-state index in [1.165, 1.54) is 0 Å². The Bertz CT molecular complexity index is 270. The number of nitrogens with one attached hydrogen (secondary N) is 1. The Kier molecular flexibility index (Phi) is 4.54. The van der Waals surface area contributed by atoms with Crippen LogP contribution in [0.1, 0.15) is 13.3 Å². The van der Waals surface area contributed by atoms with Crippen LogP contribution in [0.15, 0.2) is 0 Å².